The zero-order chi connectivity index (χ0) is 17.6. The minimum Gasteiger partial charge on any atom is -0.466 e. The molecule has 3 aliphatic heterocycles. The Kier molecular flexibility index (Phi) is 3.75. The van der Waals surface area contributed by atoms with Crippen LogP contribution < -0.4 is 9.80 Å². The first-order valence-corrected chi connectivity index (χ1v) is 8.55. The van der Waals surface area contributed by atoms with Crippen LogP contribution in [0.2, 0.25) is 0 Å². The maximum absolute atomic E-state index is 12.3. The largest absolute Gasteiger partial charge is 0.466 e. The summed E-state index contributed by atoms with van der Waals surface area (Å²) in [5, 5.41) is 0. The molecule has 3 aliphatic rings. The summed E-state index contributed by atoms with van der Waals surface area (Å²) in [6, 6.07) is 13.1. The van der Waals surface area contributed by atoms with Gasteiger partial charge < -0.3 is 14.5 Å². The summed E-state index contributed by atoms with van der Waals surface area (Å²) in [7, 11) is 1.44. The van der Waals surface area contributed by atoms with Gasteiger partial charge in [0, 0.05) is 30.7 Å². The Morgan fingerprint density at radius 3 is 2.24 bits per heavy atom. The van der Waals surface area contributed by atoms with E-state index in [1.807, 2.05) is 6.20 Å². The first-order chi connectivity index (χ1) is 12.0. The highest BCUT2D eigenvalue weighted by molar-refractivity contribution is 5.91. The monoisotopic (exact) mass is 334 g/mol. The molecule has 0 N–H and O–H groups in total. The quantitative estimate of drug-likeness (QED) is 0.745. The molecule has 2 aromatic rings. The Labute approximate surface area is 148 Å². The van der Waals surface area contributed by atoms with Crippen molar-refractivity contribution in [3.8, 4) is 0 Å². The van der Waals surface area contributed by atoms with Crippen LogP contribution in [0.4, 0.5) is 11.4 Å². The predicted octanol–water partition coefficient (Wildman–Crippen LogP) is 3.70. The fraction of sp³-hybridized carbons (Fsp3) is 0.286. The summed E-state index contributed by atoms with van der Waals surface area (Å²) in [5.74, 6) is -0.263. The van der Waals surface area contributed by atoms with E-state index >= 15 is 0 Å². The van der Waals surface area contributed by atoms with Crippen LogP contribution in [0.15, 0.2) is 48.2 Å². The number of benzene rings is 2. The Hall–Kier alpha value is -2.75. The lowest BCUT2D eigenvalue weighted by atomic mass is 9.99. The molecule has 4 heteroatoms. The minimum atomic E-state index is -0.263. The third-order valence-electron chi connectivity index (χ3n) is 4.94. The lowest BCUT2D eigenvalue weighted by Gasteiger charge is -2.38. The number of anilines is 2. The number of hydrogen-bond donors (Lipinski definition) is 0. The van der Waals surface area contributed by atoms with E-state index in [1.165, 1.54) is 35.1 Å². The number of nitrogens with zero attached hydrogens (tertiary/aromatic N) is 2. The number of aryl methyl sites for hydroxylation is 2. The van der Waals surface area contributed by atoms with E-state index in [2.05, 4.69) is 60.0 Å². The Bertz CT molecular complexity index is 885. The van der Waals surface area contributed by atoms with Gasteiger partial charge in [0.2, 0.25) is 0 Å². The van der Waals surface area contributed by atoms with Gasteiger partial charge in [0.1, 0.15) is 0 Å². The molecule has 0 radical (unpaired) electrons. The van der Waals surface area contributed by atoms with Crippen LogP contribution in [0.5, 0.6) is 0 Å². The number of esters is 1. The predicted molar refractivity (Wildman–Crippen MR) is 99.7 cm³/mol. The van der Waals surface area contributed by atoms with E-state index in [0.717, 1.165) is 18.8 Å². The fourth-order valence-electron chi connectivity index (χ4n) is 3.77. The molecule has 0 saturated heterocycles. The molecule has 0 unspecified atom stereocenters. The molecule has 0 aliphatic carbocycles. The molecule has 25 heavy (non-hydrogen) atoms. The highest BCUT2D eigenvalue weighted by atomic mass is 16.5. The highest BCUT2D eigenvalue weighted by Crippen LogP contribution is 2.36. The van der Waals surface area contributed by atoms with Gasteiger partial charge in [-0.25, -0.2) is 4.79 Å². The van der Waals surface area contributed by atoms with Crippen molar-refractivity contribution in [2.75, 3.05) is 23.5 Å². The highest BCUT2D eigenvalue weighted by Gasteiger charge is 2.27. The summed E-state index contributed by atoms with van der Waals surface area (Å²) in [6.45, 7) is 6.30. The van der Waals surface area contributed by atoms with Gasteiger partial charge in [-0.1, -0.05) is 35.4 Å². The average Bonchev–Trinajstić information content (AvgIpc) is 2.56. The molecule has 2 bridgehead atoms. The molecular formula is C21H22N2O2. The second kappa shape index (κ2) is 5.96. The number of ether oxygens (including phenoxy) is 1. The van der Waals surface area contributed by atoms with Gasteiger partial charge >= 0.3 is 5.97 Å². The lowest BCUT2D eigenvalue weighted by Crippen LogP contribution is -2.36. The lowest BCUT2D eigenvalue weighted by molar-refractivity contribution is -0.136. The van der Waals surface area contributed by atoms with Crippen molar-refractivity contribution in [3.63, 3.8) is 0 Å². The Morgan fingerprint density at radius 1 is 0.920 bits per heavy atom. The van der Waals surface area contributed by atoms with E-state index < -0.39 is 0 Å². The van der Waals surface area contributed by atoms with Gasteiger partial charge in [0.25, 0.3) is 0 Å². The van der Waals surface area contributed by atoms with E-state index in [4.69, 9.17) is 4.74 Å². The number of methoxy groups -OCH3 is 1. The standard InChI is InChI=1S/C21H22N2O2/c1-14-4-6-19-16(8-14)10-22-12-18(21(24)25-3)13-23(19)11-17-9-15(2)5-7-20(17)22/h4-9,12H,10-11,13H2,1-3H3/b18-12+. The summed E-state index contributed by atoms with van der Waals surface area (Å²) in [5.41, 5.74) is 8.10. The molecule has 0 fully saturated rings. The number of rotatable bonds is 1. The van der Waals surface area contributed by atoms with E-state index in [9.17, 15) is 4.79 Å². The molecular weight excluding hydrogens is 312 g/mol. The first-order valence-electron chi connectivity index (χ1n) is 8.55. The second-order valence-electron chi connectivity index (χ2n) is 6.89. The summed E-state index contributed by atoms with van der Waals surface area (Å²) in [4.78, 5) is 16.7. The van der Waals surface area contributed by atoms with Crippen molar-refractivity contribution in [1.82, 2.24) is 0 Å². The molecule has 128 valence electrons. The summed E-state index contributed by atoms with van der Waals surface area (Å²) < 4.78 is 5.00. The molecule has 0 atom stereocenters. The SMILES string of the molecule is COC(=O)/C1=C/N2Cc3cc(C)ccc3N(C1)Cc1cc(C)ccc12. The van der Waals surface area contributed by atoms with Gasteiger partial charge in [-0.15, -0.1) is 0 Å². The third kappa shape index (κ3) is 2.78. The van der Waals surface area contributed by atoms with Crippen LogP contribution >= 0.6 is 0 Å². The number of hydrogen-bond acceptors (Lipinski definition) is 4. The van der Waals surface area contributed by atoms with Gasteiger partial charge in [0.05, 0.1) is 19.2 Å². The molecule has 0 aromatic heterocycles. The normalized spacial score (nSPS) is 17.6. The first kappa shape index (κ1) is 15.8. The molecule has 0 spiro atoms. The topological polar surface area (TPSA) is 32.8 Å². The van der Waals surface area contributed by atoms with Crippen LogP contribution in [0.3, 0.4) is 0 Å². The maximum Gasteiger partial charge on any atom is 0.337 e. The van der Waals surface area contributed by atoms with Gasteiger partial charge in [0.15, 0.2) is 0 Å². The van der Waals surface area contributed by atoms with Crippen molar-refractivity contribution in [3.05, 3.63) is 70.4 Å². The van der Waals surface area contributed by atoms with Gasteiger partial charge in [-0.3, -0.25) is 0 Å². The molecule has 0 saturated carbocycles. The number of fused-ring (bicyclic) bond motifs is 1. The molecule has 4 nitrogen and oxygen atoms in total. The minimum absolute atomic E-state index is 0.263. The zero-order valence-electron chi connectivity index (χ0n) is 14.9. The average molecular weight is 334 g/mol. The smallest absolute Gasteiger partial charge is 0.337 e. The maximum atomic E-state index is 12.3. The van der Waals surface area contributed by atoms with Crippen LogP contribution in [-0.2, 0) is 22.6 Å². The van der Waals surface area contributed by atoms with Crippen LogP contribution in [0, 0.1) is 13.8 Å². The Balaban J connectivity index is 1.92. The van der Waals surface area contributed by atoms with Gasteiger partial charge in [-0.05, 0) is 37.1 Å². The number of carbonyl (C=O) groups excluding carboxylic acids is 1. The van der Waals surface area contributed by atoms with Gasteiger partial charge in [-0.2, -0.15) is 0 Å². The number of carbonyl (C=O) groups is 1. The van der Waals surface area contributed by atoms with Crippen LogP contribution in [0.1, 0.15) is 22.3 Å². The van der Waals surface area contributed by atoms with E-state index in [1.54, 1.807) is 0 Å². The molecule has 3 heterocycles. The summed E-state index contributed by atoms with van der Waals surface area (Å²) >= 11 is 0. The third-order valence-corrected chi connectivity index (χ3v) is 4.94. The van der Waals surface area contributed by atoms with Crippen molar-refractivity contribution >= 4 is 17.3 Å². The molecule has 2 aromatic carbocycles. The van der Waals surface area contributed by atoms with Crippen LogP contribution in [-0.4, -0.2) is 19.6 Å². The van der Waals surface area contributed by atoms with Crippen molar-refractivity contribution < 1.29 is 9.53 Å². The van der Waals surface area contributed by atoms with E-state index in [-0.39, 0.29) is 5.97 Å². The zero-order valence-corrected chi connectivity index (χ0v) is 14.9. The summed E-state index contributed by atoms with van der Waals surface area (Å²) in [6.07, 6.45) is 1.96. The van der Waals surface area contributed by atoms with E-state index in [0.29, 0.717) is 12.1 Å². The fourth-order valence-corrected chi connectivity index (χ4v) is 3.77. The molecule has 0 amide bonds. The van der Waals surface area contributed by atoms with Crippen LogP contribution in [0.25, 0.3) is 0 Å². The molecule has 5 rings (SSSR count). The second-order valence-corrected chi connectivity index (χ2v) is 6.89. The van der Waals surface area contributed by atoms with Crippen molar-refractivity contribution in [2.24, 2.45) is 0 Å². The van der Waals surface area contributed by atoms with Crippen molar-refractivity contribution in [2.45, 2.75) is 26.9 Å². The van der Waals surface area contributed by atoms with Crippen molar-refractivity contribution in [1.29, 1.82) is 0 Å². The Morgan fingerprint density at radius 2 is 1.56 bits per heavy atom.